The first-order valence-corrected chi connectivity index (χ1v) is 4.97. The summed E-state index contributed by atoms with van der Waals surface area (Å²) in [4.78, 5) is 4.21. The lowest BCUT2D eigenvalue weighted by Gasteiger charge is -2.05. The van der Waals surface area contributed by atoms with Crippen molar-refractivity contribution in [1.29, 1.82) is 0 Å². The largest absolute Gasteiger partial charge is 0.508 e. The molecule has 2 rings (SSSR count). The Balaban J connectivity index is 2.55. The molecule has 0 fully saturated rings. The second-order valence-electron chi connectivity index (χ2n) is 3.34. The number of aryl methyl sites for hydroxylation is 1. The predicted molar refractivity (Wildman–Crippen MR) is 61.1 cm³/mol. The first kappa shape index (κ1) is 9.99. The van der Waals surface area contributed by atoms with E-state index in [1.807, 2.05) is 13.0 Å². The van der Waals surface area contributed by atoms with Crippen molar-refractivity contribution in [2.75, 3.05) is 0 Å². The number of nitrogens with zero attached hydrogens (tertiary/aromatic N) is 1. The molecule has 2 aromatic rings. The molecule has 0 bridgehead atoms. The Kier molecular flexibility index (Phi) is 2.60. The van der Waals surface area contributed by atoms with Crippen molar-refractivity contribution in [3.05, 3.63) is 47.1 Å². The zero-order chi connectivity index (χ0) is 10.8. The third-order valence-electron chi connectivity index (χ3n) is 2.23. The third kappa shape index (κ3) is 1.95. The predicted octanol–water partition coefficient (Wildman–Crippen LogP) is 3.42. The van der Waals surface area contributed by atoms with Crippen molar-refractivity contribution in [2.24, 2.45) is 0 Å². The van der Waals surface area contributed by atoms with Gasteiger partial charge in [0.05, 0.1) is 10.7 Å². The van der Waals surface area contributed by atoms with Gasteiger partial charge in [-0.05, 0) is 42.8 Å². The van der Waals surface area contributed by atoms with Gasteiger partial charge in [-0.25, -0.2) is 0 Å². The van der Waals surface area contributed by atoms with Crippen LogP contribution in [-0.4, -0.2) is 10.1 Å². The number of phenols is 1. The number of hydrogen-bond acceptors (Lipinski definition) is 2. The minimum Gasteiger partial charge on any atom is -0.508 e. The number of phenolic OH excluding ortho intramolecular Hbond substituents is 1. The number of hydrogen-bond donors (Lipinski definition) is 1. The van der Waals surface area contributed by atoms with E-state index >= 15 is 0 Å². The molecule has 0 radical (unpaired) electrons. The summed E-state index contributed by atoms with van der Waals surface area (Å²) < 4.78 is 0. The molecule has 15 heavy (non-hydrogen) atoms. The Morgan fingerprint density at radius 3 is 2.73 bits per heavy atom. The molecule has 1 aromatic carbocycles. The van der Waals surface area contributed by atoms with Gasteiger partial charge in [-0.2, -0.15) is 0 Å². The SMILES string of the molecule is Cc1cc(-c2ncccc2Cl)ccc1O. The van der Waals surface area contributed by atoms with Crippen LogP contribution in [0.2, 0.25) is 5.02 Å². The Morgan fingerprint density at radius 2 is 2.07 bits per heavy atom. The summed E-state index contributed by atoms with van der Waals surface area (Å²) in [7, 11) is 0. The van der Waals surface area contributed by atoms with Gasteiger partial charge >= 0.3 is 0 Å². The number of aromatic hydroxyl groups is 1. The van der Waals surface area contributed by atoms with E-state index in [0.717, 1.165) is 16.8 Å². The molecular weight excluding hydrogens is 210 g/mol. The van der Waals surface area contributed by atoms with Crippen LogP contribution in [-0.2, 0) is 0 Å². The number of halogens is 1. The number of pyridine rings is 1. The third-order valence-corrected chi connectivity index (χ3v) is 2.53. The minimum atomic E-state index is 0.283. The highest BCUT2D eigenvalue weighted by molar-refractivity contribution is 6.33. The van der Waals surface area contributed by atoms with E-state index in [1.54, 1.807) is 30.5 Å². The molecule has 0 spiro atoms. The zero-order valence-corrected chi connectivity index (χ0v) is 8.99. The van der Waals surface area contributed by atoms with Crippen LogP contribution in [0.5, 0.6) is 5.75 Å². The second-order valence-corrected chi connectivity index (χ2v) is 3.74. The van der Waals surface area contributed by atoms with E-state index in [4.69, 9.17) is 11.6 Å². The quantitative estimate of drug-likeness (QED) is 0.797. The molecule has 76 valence electrons. The Labute approximate surface area is 93.2 Å². The van der Waals surface area contributed by atoms with E-state index in [0.29, 0.717) is 5.02 Å². The fourth-order valence-electron chi connectivity index (χ4n) is 1.40. The van der Waals surface area contributed by atoms with Crippen molar-refractivity contribution in [1.82, 2.24) is 4.98 Å². The summed E-state index contributed by atoms with van der Waals surface area (Å²) >= 11 is 6.03. The van der Waals surface area contributed by atoms with Gasteiger partial charge in [-0.1, -0.05) is 11.6 Å². The lowest BCUT2D eigenvalue weighted by molar-refractivity contribution is 0.471. The molecular formula is C12H10ClNO. The van der Waals surface area contributed by atoms with Gasteiger partial charge in [0, 0.05) is 11.8 Å². The number of benzene rings is 1. The van der Waals surface area contributed by atoms with Crippen molar-refractivity contribution in [2.45, 2.75) is 6.92 Å². The fraction of sp³-hybridized carbons (Fsp3) is 0.0833. The molecule has 0 unspecified atom stereocenters. The first-order valence-electron chi connectivity index (χ1n) is 4.59. The van der Waals surface area contributed by atoms with E-state index in [9.17, 15) is 5.11 Å². The number of aromatic nitrogens is 1. The smallest absolute Gasteiger partial charge is 0.118 e. The molecule has 1 heterocycles. The van der Waals surface area contributed by atoms with Gasteiger partial charge in [0.1, 0.15) is 5.75 Å². The summed E-state index contributed by atoms with van der Waals surface area (Å²) in [6.45, 7) is 1.84. The van der Waals surface area contributed by atoms with E-state index in [-0.39, 0.29) is 5.75 Å². The fourth-order valence-corrected chi connectivity index (χ4v) is 1.63. The second kappa shape index (κ2) is 3.91. The molecule has 0 aliphatic rings. The molecule has 0 aliphatic carbocycles. The minimum absolute atomic E-state index is 0.283. The Bertz CT molecular complexity index is 497. The van der Waals surface area contributed by atoms with Crippen LogP contribution < -0.4 is 0 Å². The van der Waals surface area contributed by atoms with Crippen LogP contribution in [0.1, 0.15) is 5.56 Å². The van der Waals surface area contributed by atoms with Gasteiger partial charge < -0.3 is 5.11 Å². The van der Waals surface area contributed by atoms with E-state index < -0.39 is 0 Å². The van der Waals surface area contributed by atoms with Crippen LogP contribution >= 0.6 is 11.6 Å². The summed E-state index contributed by atoms with van der Waals surface area (Å²) in [5.41, 5.74) is 2.47. The molecule has 0 saturated heterocycles. The van der Waals surface area contributed by atoms with Crippen LogP contribution in [0.15, 0.2) is 36.5 Å². The molecule has 0 saturated carbocycles. The maximum absolute atomic E-state index is 9.41. The molecule has 2 nitrogen and oxygen atoms in total. The van der Waals surface area contributed by atoms with Gasteiger partial charge in [0.15, 0.2) is 0 Å². The molecule has 0 amide bonds. The molecule has 1 aromatic heterocycles. The van der Waals surface area contributed by atoms with E-state index in [2.05, 4.69) is 4.98 Å². The summed E-state index contributed by atoms with van der Waals surface area (Å²) in [5.74, 6) is 0.283. The van der Waals surface area contributed by atoms with Crippen LogP contribution in [0.4, 0.5) is 0 Å². The summed E-state index contributed by atoms with van der Waals surface area (Å²) in [5, 5.41) is 10.0. The maximum Gasteiger partial charge on any atom is 0.118 e. The van der Waals surface area contributed by atoms with E-state index in [1.165, 1.54) is 0 Å². The maximum atomic E-state index is 9.41. The van der Waals surface area contributed by atoms with Crippen molar-refractivity contribution >= 4 is 11.6 Å². The zero-order valence-electron chi connectivity index (χ0n) is 8.24. The van der Waals surface area contributed by atoms with Crippen molar-refractivity contribution in [3.8, 4) is 17.0 Å². The standard InChI is InChI=1S/C12H10ClNO/c1-8-7-9(4-5-11(8)15)12-10(13)3-2-6-14-12/h2-7,15H,1H3. The average molecular weight is 220 g/mol. The summed E-state index contributed by atoms with van der Waals surface area (Å²) in [6, 6.07) is 8.90. The van der Waals surface area contributed by atoms with Crippen molar-refractivity contribution in [3.63, 3.8) is 0 Å². The highest BCUT2D eigenvalue weighted by atomic mass is 35.5. The molecule has 3 heteroatoms. The van der Waals surface area contributed by atoms with Crippen LogP contribution in [0.3, 0.4) is 0 Å². The van der Waals surface area contributed by atoms with Crippen LogP contribution in [0.25, 0.3) is 11.3 Å². The Morgan fingerprint density at radius 1 is 1.27 bits per heavy atom. The van der Waals surface area contributed by atoms with Gasteiger partial charge in [-0.15, -0.1) is 0 Å². The highest BCUT2D eigenvalue weighted by Crippen LogP contribution is 2.28. The average Bonchev–Trinajstić information content (AvgIpc) is 2.23. The van der Waals surface area contributed by atoms with Gasteiger partial charge in [0.25, 0.3) is 0 Å². The van der Waals surface area contributed by atoms with Gasteiger partial charge in [-0.3, -0.25) is 4.98 Å². The lowest BCUT2D eigenvalue weighted by Crippen LogP contribution is -1.85. The van der Waals surface area contributed by atoms with Gasteiger partial charge in [0.2, 0.25) is 0 Å². The van der Waals surface area contributed by atoms with Crippen molar-refractivity contribution < 1.29 is 5.11 Å². The Hall–Kier alpha value is -1.54. The molecule has 0 aliphatic heterocycles. The molecule has 1 N–H and O–H groups in total. The summed E-state index contributed by atoms with van der Waals surface area (Å²) in [6.07, 6.45) is 1.70. The van der Waals surface area contributed by atoms with Crippen LogP contribution in [0, 0.1) is 6.92 Å². The lowest BCUT2D eigenvalue weighted by atomic mass is 10.1. The topological polar surface area (TPSA) is 33.1 Å². The highest BCUT2D eigenvalue weighted by Gasteiger charge is 2.05. The number of rotatable bonds is 1. The monoisotopic (exact) mass is 219 g/mol. The first-order chi connectivity index (χ1) is 7.18. The molecule has 0 atom stereocenters. The normalized spacial score (nSPS) is 10.3.